The molecule has 1 aromatic rings. The summed E-state index contributed by atoms with van der Waals surface area (Å²) in [5.41, 5.74) is -0.523. The van der Waals surface area contributed by atoms with Gasteiger partial charge in [0.05, 0.1) is 11.7 Å². The van der Waals surface area contributed by atoms with Crippen molar-refractivity contribution in [3.05, 3.63) is 29.6 Å². The maximum absolute atomic E-state index is 13.4. The molecule has 1 aliphatic heterocycles. The average molecular weight is 252 g/mol. The van der Waals surface area contributed by atoms with Crippen molar-refractivity contribution in [1.29, 1.82) is 0 Å². The van der Waals surface area contributed by atoms with Gasteiger partial charge in [0.2, 0.25) is 5.91 Å². The van der Waals surface area contributed by atoms with Crippen LogP contribution < -0.4 is 10.6 Å². The van der Waals surface area contributed by atoms with Crippen LogP contribution in [0.5, 0.6) is 0 Å². The van der Waals surface area contributed by atoms with E-state index in [9.17, 15) is 14.0 Å². The Kier molecular flexibility index (Phi) is 3.57. The predicted octanol–water partition coefficient (Wildman–Crippen LogP) is 1.21. The van der Waals surface area contributed by atoms with Crippen LogP contribution in [0.1, 0.15) is 23.2 Å². The van der Waals surface area contributed by atoms with Crippen LogP contribution in [0.25, 0.3) is 0 Å². The van der Waals surface area contributed by atoms with E-state index in [1.54, 1.807) is 0 Å². The highest BCUT2D eigenvalue weighted by Gasteiger charge is 2.24. The molecule has 96 valence electrons. The van der Waals surface area contributed by atoms with Gasteiger partial charge >= 0.3 is 5.97 Å². The van der Waals surface area contributed by atoms with Gasteiger partial charge in [-0.25, -0.2) is 9.18 Å². The predicted molar refractivity (Wildman–Crippen MR) is 63.0 cm³/mol. The molecule has 6 heteroatoms. The topological polar surface area (TPSA) is 78.4 Å². The van der Waals surface area contributed by atoms with E-state index >= 15 is 0 Å². The maximum atomic E-state index is 13.4. The summed E-state index contributed by atoms with van der Waals surface area (Å²) < 4.78 is 13.4. The molecule has 2 rings (SSSR count). The van der Waals surface area contributed by atoms with Crippen molar-refractivity contribution in [1.82, 2.24) is 5.32 Å². The van der Waals surface area contributed by atoms with E-state index in [2.05, 4.69) is 10.6 Å². The number of anilines is 1. The lowest BCUT2D eigenvalue weighted by atomic mass is 10.1. The van der Waals surface area contributed by atoms with Gasteiger partial charge in [-0.15, -0.1) is 0 Å². The van der Waals surface area contributed by atoms with Crippen molar-refractivity contribution in [2.24, 2.45) is 0 Å². The highest BCUT2D eigenvalue weighted by atomic mass is 19.1. The van der Waals surface area contributed by atoms with Crippen LogP contribution in [-0.4, -0.2) is 29.6 Å². The van der Waals surface area contributed by atoms with Gasteiger partial charge in [0.15, 0.2) is 0 Å². The molecule has 1 saturated heterocycles. The molecule has 1 aromatic carbocycles. The van der Waals surface area contributed by atoms with Crippen molar-refractivity contribution in [3.63, 3.8) is 0 Å². The fourth-order valence-corrected chi connectivity index (χ4v) is 1.97. The molecule has 0 bridgehead atoms. The second-order valence-electron chi connectivity index (χ2n) is 4.11. The van der Waals surface area contributed by atoms with Gasteiger partial charge in [-0.3, -0.25) is 4.79 Å². The van der Waals surface area contributed by atoms with Gasteiger partial charge in [-0.2, -0.15) is 0 Å². The van der Waals surface area contributed by atoms with Gasteiger partial charge in [0.1, 0.15) is 11.4 Å². The summed E-state index contributed by atoms with van der Waals surface area (Å²) in [4.78, 5) is 22.8. The second kappa shape index (κ2) is 5.14. The number of hydrogen-bond acceptors (Lipinski definition) is 3. The Labute approximate surface area is 103 Å². The Hall–Kier alpha value is -1.95. The number of carbonyl (C=O) groups excluding carboxylic acids is 1. The first-order valence-corrected chi connectivity index (χ1v) is 5.65. The molecule has 1 atom stereocenters. The molecule has 5 nitrogen and oxygen atoms in total. The smallest absolute Gasteiger partial charge is 0.340 e. The standard InChI is InChI=1S/C12H13FN2O3/c13-7-3-1-4-8(10(7)12(17)18)15-11(16)9-5-2-6-14-9/h1,3-4,9,14H,2,5-6H2,(H,15,16)(H,17,18)/t9-/m0/s1. The number of halogens is 1. The molecule has 0 aromatic heterocycles. The number of rotatable bonds is 3. The number of carbonyl (C=O) groups is 2. The lowest BCUT2D eigenvalue weighted by molar-refractivity contribution is -0.117. The molecule has 0 saturated carbocycles. The summed E-state index contributed by atoms with van der Waals surface area (Å²) in [6.45, 7) is 0.757. The van der Waals surface area contributed by atoms with E-state index in [1.165, 1.54) is 12.1 Å². The van der Waals surface area contributed by atoms with Crippen LogP contribution in [-0.2, 0) is 4.79 Å². The van der Waals surface area contributed by atoms with Crippen molar-refractivity contribution < 1.29 is 19.1 Å². The van der Waals surface area contributed by atoms with E-state index < -0.39 is 17.3 Å². The highest BCUT2D eigenvalue weighted by Crippen LogP contribution is 2.20. The number of benzene rings is 1. The van der Waals surface area contributed by atoms with Crippen LogP contribution in [0, 0.1) is 5.82 Å². The Morgan fingerprint density at radius 1 is 1.44 bits per heavy atom. The molecule has 1 fully saturated rings. The van der Waals surface area contributed by atoms with Gasteiger partial charge in [0.25, 0.3) is 0 Å². The molecule has 0 spiro atoms. The first-order chi connectivity index (χ1) is 8.59. The number of amides is 1. The third-order valence-corrected chi connectivity index (χ3v) is 2.86. The first-order valence-electron chi connectivity index (χ1n) is 5.65. The fraction of sp³-hybridized carbons (Fsp3) is 0.333. The van der Waals surface area contributed by atoms with Crippen LogP contribution in [0.15, 0.2) is 18.2 Å². The van der Waals surface area contributed by atoms with E-state index in [0.29, 0.717) is 6.42 Å². The Balaban J connectivity index is 2.20. The molecule has 18 heavy (non-hydrogen) atoms. The van der Waals surface area contributed by atoms with Crippen molar-refractivity contribution in [2.45, 2.75) is 18.9 Å². The fourth-order valence-electron chi connectivity index (χ4n) is 1.97. The molecule has 0 aliphatic carbocycles. The van der Waals surface area contributed by atoms with Crippen molar-refractivity contribution >= 4 is 17.6 Å². The largest absolute Gasteiger partial charge is 0.478 e. The summed E-state index contributed by atoms with van der Waals surface area (Å²) in [6, 6.07) is 3.45. The lowest BCUT2D eigenvalue weighted by Gasteiger charge is -2.13. The number of nitrogens with one attached hydrogen (secondary N) is 2. The zero-order chi connectivity index (χ0) is 13.1. The quantitative estimate of drug-likeness (QED) is 0.755. The number of aromatic carboxylic acids is 1. The van der Waals surface area contributed by atoms with Crippen LogP contribution in [0.3, 0.4) is 0 Å². The normalized spacial score (nSPS) is 18.6. The first kappa shape index (κ1) is 12.5. The zero-order valence-corrected chi connectivity index (χ0v) is 9.57. The van der Waals surface area contributed by atoms with E-state index in [0.717, 1.165) is 19.0 Å². The van der Waals surface area contributed by atoms with Gasteiger partial charge < -0.3 is 15.7 Å². The molecular formula is C12H13FN2O3. The molecular weight excluding hydrogens is 239 g/mol. The summed E-state index contributed by atoms with van der Waals surface area (Å²) in [6.07, 6.45) is 1.59. The molecule has 1 amide bonds. The van der Waals surface area contributed by atoms with Crippen LogP contribution in [0.4, 0.5) is 10.1 Å². The summed E-state index contributed by atoms with van der Waals surface area (Å²) in [7, 11) is 0. The number of carboxylic acids is 1. The molecule has 1 aliphatic rings. The van der Waals surface area contributed by atoms with Gasteiger partial charge in [-0.1, -0.05) is 6.07 Å². The monoisotopic (exact) mass is 252 g/mol. The third kappa shape index (κ3) is 2.48. The lowest BCUT2D eigenvalue weighted by Crippen LogP contribution is -2.36. The maximum Gasteiger partial charge on any atom is 0.340 e. The Morgan fingerprint density at radius 3 is 2.83 bits per heavy atom. The zero-order valence-electron chi connectivity index (χ0n) is 9.57. The minimum absolute atomic E-state index is 0.0128. The minimum Gasteiger partial charge on any atom is -0.478 e. The molecule has 0 unspecified atom stereocenters. The van der Waals surface area contributed by atoms with E-state index in [1.807, 2.05) is 0 Å². The van der Waals surface area contributed by atoms with Crippen LogP contribution >= 0.6 is 0 Å². The number of carboxylic acid groups (broad SMARTS) is 1. The van der Waals surface area contributed by atoms with Crippen molar-refractivity contribution in [2.75, 3.05) is 11.9 Å². The Bertz CT molecular complexity index is 484. The summed E-state index contributed by atoms with van der Waals surface area (Å²) in [5, 5.41) is 14.4. The number of hydrogen-bond donors (Lipinski definition) is 3. The molecule has 3 N–H and O–H groups in total. The van der Waals surface area contributed by atoms with E-state index in [-0.39, 0.29) is 17.6 Å². The average Bonchev–Trinajstić information content (AvgIpc) is 2.81. The van der Waals surface area contributed by atoms with E-state index in [4.69, 9.17) is 5.11 Å². The molecule has 1 heterocycles. The third-order valence-electron chi connectivity index (χ3n) is 2.86. The summed E-state index contributed by atoms with van der Waals surface area (Å²) in [5.74, 6) is -2.59. The van der Waals surface area contributed by atoms with Crippen LogP contribution in [0.2, 0.25) is 0 Å². The van der Waals surface area contributed by atoms with Crippen molar-refractivity contribution in [3.8, 4) is 0 Å². The van der Waals surface area contributed by atoms with Gasteiger partial charge in [0, 0.05) is 0 Å². The molecule has 0 radical (unpaired) electrons. The summed E-state index contributed by atoms with van der Waals surface area (Å²) >= 11 is 0. The SMILES string of the molecule is O=C(O)c1c(F)cccc1NC(=O)[C@@H]1CCCN1. The second-order valence-corrected chi connectivity index (χ2v) is 4.11. The Morgan fingerprint density at radius 2 is 2.22 bits per heavy atom. The van der Waals surface area contributed by atoms with Gasteiger partial charge in [-0.05, 0) is 31.5 Å². The minimum atomic E-state index is -1.40. The highest BCUT2D eigenvalue weighted by molar-refractivity contribution is 6.02.